The van der Waals surface area contributed by atoms with Gasteiger partial charge in [-0.1, -0.05) is 12.8 Å². The van der Waals surface area contributed by atoms with E-state index in [2.05, 4.69) is 20.1 Å². The van der Waals surface area contributed by atoms with Crippen LogP contribution in [0.5, 0.6) is 0 Å². The third kappa shape index (κ3) is 4.81. The smallest absolute Gasteiger partial charge is 0.293 e. The first kappa shape index (κ1) is 19.5. The first-order chi connectivity index (χ1) is 14.2. The molecule has 1 aliphatic heterocycles. The van der Waals surface area contributed by atoms with E-state index < -0.39 is 0 Å². The average molecular weight is 399 g/mol. The van der Waals surface area contributed by atoms with Gasteiger partial charge in [0.25, 0.3) is 5.56 Å². The number of aliphatic imine (C=N–C) groups is 1. The largest absolute Gasteiger partial charge is 0.469 e. The van der Waals surface area contributed by atoms with Gasteiger partial charge < -0.3 is 24.1 Å². The normalized spacial score (nSPS) is 18.4. The van der Waals surface area contributed by atoms with Gasteiger partial charge in [0, 0.05) is 64.6 Å². The van der Waals surface area contributed by atoms with E-state index in [4.69, 9.17) is 9.41 Å². The Balaban J connectivity index is 1.40. The number of anilines is 1. The monoisotopic (exact) mass is 398 g/mol. The van der Waals surface area contributed by atoms with Gasteiger partial charge in [-0.25, -0.2) is 4.98 Å². The lowest BCUT2D eigenvalue weighted by atomic mass is 10.2. The molecule has 0 radical (unpaired) electrons. The van der Waals surface area contributed by atoms with Crippen molar-refractivity contribution in [2.45, 2.75) is 38.1 Å². The molecule has 0 atom stereocenters. The number of hydrogen-bond acceptors (Lipinski definition) is 5. The van der Waals surface area contributed by atoms with E-state index in [-0.39, 0.29) is 5.56 Å². The number of guanidine groups is 1. The van der Waals surface area contributed by atoms with Gasteiger partial charge in [-0.15, -0.1) is 0 Å². The maximum absolute atomic E-state index is 12.4. The van der Waals surface area contributed by atoms with E-state index >= 15 is 0 Å². The molecule has 0 unspecified atom stereocenters. The number of aromatic nitrogens is 2. The van der Waals surface area contributed by atoms with Crippen molar-refractivity contribution in [2.24, 2.45) is 12.0 Å². The van der Waals surface area contributed by atoms with Crippen LogP contribution in [0.25, 0.3) is 0 Å². The van der Waals surface area contributed by atoms with Gasteiger partial charge in [-0.2, -0.15) is 0 Å². The highest BCUT2D eigenvalue weighted by atomic mass is 16.3. The van der Waals surface area contributed by atoms with E-state index in [0.29, 0.717) is 18.4 Å². The maximum Gasteiger partial charge on any atom is 0.293 e. The average Bonchev–Trinajstić information content (AvgIpc) is 3.44. The van der Waals surface area contributed by atoms with Crippen molar-refractivity contribution in [3.63, 3.8) is 0 Å². The lowest BCUT2D eigenvalue weighted by molar-refractivity contribution is 0.363. The Labute approximate surface area is 171 Å². The second-order valence-corrected chi connectivity index (χ2v) is 7.80. The molecule has 156 valence electrons. The van der Waals surface area contributed by atoms with Crippen LogP contribution in [0.2, 0.25) is 0 Å². The Morgan fingerprint density at radius 1 is 1.28 bits per heavy atom. The van der Waals surface area contributed by atoms with Gasteiger partial charge in [-0.05, 0) is 25.0 Å². The highest BCUT2D eigenvalue weighted by Gasteiger charge is 2.25. The Morgan fingerprint density at radius 3 is 2.79 bits per heavy atom. The van der Waals surface area contributed by atoms with Crippen LogP contribution in [0.3, 0.4) is 0 Å². The van der Waals surface area contributed by atoms with Crippen molar-refractivity contribution in [3.8, 4) is 0 Å². The van der Waals surface area contributed by atoms with Crippen LogP contribution >= 0.6 is 0 Å². The van der Waals surface area contributed by atoms with Crippen LogP contribution in [0, 0.1) is 0 Å². The summed E-state index contributed by atoms with van der Waals surface area (Å²) in [6.45, 7) is 3.85. The third-order valence-electron chi connectivity index (χ3n) is 5.77. The minimum atomic E-state index is -0.0441. The SMILES string of the molecule is Cn1ccnc(N2CCN(C(=NCCc3ccco3)NC3CCCC3)CC2)c1=O. The van der Waals surface area contributed by atoms with Crippen molar-refractivity contribution in [3.05, 3.63) is 46.9 Å². The molecule has 1 saturated heterocycles. The van der Waals surface area contributed by atoms with Gasteiger partial charge in [0.05, 0.1) is 6.26 Å². The highest BCUT2D eigenvalue weighted by Crippen LogP contribution is 2.18. The third-order valence-corrected chi connectivity index (χ3v) is 5.77. The summed E-state index contributed by atoms with van der Waals surface area (Å²) in [5.41, 5.74) is -0.0441. The number of nitrogens with zero attached hydrogens (tertiary/aromatic N) is 5. The topological polar surface area (TPSA) is 78.9 Å². The van der Waals surface area contributed by atoms with Crippen LogP contribution < -0.4 is 15.8 Å². The second kappa shape index (κ2) is 9.15. The molecule has 8 nitrogen and oxygen atoms in total. The van der Waals surface area contributed by atoms with Crippen LogP contribution in [0.4, 0.5) is 5.82 Å². The first-order valence-electron chi connectivity index (χ1n) is 10.6. The molecule has 2 aromatic heterocycles. The van der Waals surface area contributed by atoms with Crippen LogP contribution in [-0.2, 0) is 13.5 Å². The molecule has 2 fully saturated rings. The zero-order valence-electron chi connectivity index (χ0n) is 17.1. The summed E-state index contributed by atoms with van der Waals surface area (Å²) < 4.78 is 7.01. The van der Waals surface area contributed by atoms with Crippen LogP contribution in [0.1, 0.15) is 31.4 Å². The molecular weight excluding hydrogens is 368 g/mol. The summed E-state index contributed by atoms with van der Waals surface area (Å²) in [5.74, 6) is 2.48. The molecule has 1 saturated carbocycles. The zero-order chi connectivity index (χ0) is 20.1. The van der Waals surface area contributed by atoms with E-state index in [0.717, 1.165) is 44.3 Å². The predicted octanol–water partition coefficient (Wildman–Crippen LogP) is 1.63. The molecule has 0 aromatic carbocycles. The van der Waals surface area contributed by atoms with Crippen molar-refractivity contribution >= 4 is 11.8 Å². The molecule has 3 heterocycles. The van der Waals surface area contributed by atoms with Crippen molar-refractivity contribution in [1.29, 1.82) is 0 Å². The minimum Gasteiger partial charge on any atom is -0.469 e. The molecule has 8 heteroatoms. The molecule has 1 N–H and O–H groups in total. The summed E-state index contributed by atoms with van der Waals surface area (Å²) in [5, 5.41) is 3.69. The Bertz CT molecular complexity index is 862. The zero-order valence-corrected chi connectivity index (χ0v) is 17.1. The maximum atomic E-state index is 12.4. The Morgan fingerprint density at radius 2 is 2.07 bits per heavy atom. The summed E-state index contributed by atoms with van der Waals surface area (Å²) in [7, 11) is 1.76. The van der Waals surface area contributed by atoms with Crippen molar-refractivity contribution < 1.29 is 4.42 Å². The number of hydrogen-bond donors (Lipinski definition) is 1. The fourth-order valence-corrected chi connectivity index (χ4v) is 4.05. The first-order valence-corrected chi connectivity index (χ1v) is 10.6. The predicted molar refractivity (Wildman–Crippen MR) is 113 cm³/mol. The van der Waals surface area contributed by atoms with E-state index in [9.17, 15) is 4.79 Å². The Kier molecular flexibility index (Phi) is 6.17. The van der Waals surface area contributed by atoms with Gasteiger partial charge >= 0.3 is 0 Å². The number of furan rings is 1. The van der Waals surface area contributed by atoms with Crippen molar-refractivity contribution in [2.75, 3.05) is 37.6 Å². The van der Waals surface area contributed by atoms with Gasteiger partial charge in [-0.3, -0.25) is 9.79 Å². The number of piperazine rings is 1. The summed E-state index contributed by atoms with van der Waals surface area (Å²) >= 11 is 0. The standard InChI is InChI=1S/C21H30N6O2/c1-25-11-10-22-19(20(25)28)26-12-14-27(15-13-26)21(24-17-5-2-3-6-17)23-9-8-18-7-4-16-29-18/h4,7,10-11,16-17H,2-3,5-6,8-9,12-15H2,1H3,(H,23,24). The summed E-state index contributed by atoms with van der Waals surface area (Å²) in [6.07, 6.45) is 10.9. The Hall–Kier alpha value is -2.77. The summed E-state index contributed by atoms with van der Waals surface area (Å²) in [4.78, 5) is 26.0. The number of aryl methyl sites for hydroxylation is 1. The van der Waals surface area contributed by atoms with Crippen molar-refractivity contribution in [1.82, 2.24) is 19.8 Å². The van der Waals surface area contributed by atoms with Gasteiger partial charge in [0.15, 0.2) is 11.8 Å². The molecule has 2 aromatic rings. The number of nitrogens with one attached hydrogen (secondary N) is 1. The van der Waals surface area contributed by atoms with Crippen LogP contribution in [0.15, 0.2) is 45.0 Å². The van der Waals surface area contributed by atoms with E-state index in [1.807, 2.05) is 12.1 Å². The van der Waals surface area contributed by atoms with E-state index in [1.165, 1.54) is 25.7 Å². The molecule has 1 aliphatic carbocycles. The molecular formula is C21H30N6O2. The van der Waals surface area contributed by atoms with Crippen LogP contribution in [-0.4, -0.2) is 59.2 Å². The minimum absolute atomic E-state index is 0.0441. The lowest BCUT2D eigenvalue weighted by Gasteiger charge is -2.37. The molecule has 4 rings (SSSR count). The molecule has 29 heavy (non-hydrogen) atoms. The van der Waals surface area contributed by atoms with Gasteiger partial charge in [0.1, 0.15) is 5.76 Å². The van der Waals surface area contributed by atoms with E-state index in [1.54, 1.807) is 30.3 Å². The molecule has 0 spiro atoms. The molecule has 0 bridgehead atoms. The summed E-state index contributed by atoms with van der Waals surface area (Å²) in [6, 6.07) is 4.42. The fraction of sp³-hybridized carbons (Fsp3) is 0.571. The molecule has 2 aliphatic rings. The second-order valence-electron chi connectivity index (χ2n) is 7.80. The lowest BCUT2D eigenvalue weighted by Crippen LogP contribution is -2.55. The number of rotatable bonds is 5. The van der Waals surface area contributed by atoms with Gasteiger partial charge in [0.2, 0.25) is 0 Å². The quantitative estimate of drug-likeness (QED) is 0.609. The fourth-order valence-electron chi connectivity index (χ4n) is 4.05. The molecule has 0 amide bonds. The highest BCUT2D eigenvalue weighted by molar-refractivity contribution is 5.80.